The molecule has 19 heavy (non-hydrogen) atoms. The summed E-state index contributed by atoms with van der Waals surface area (Å²) in [4.78, 5) is 16.3. The zero-order chi connectivity index (χ0) is 13.5. The molecule has 0 spiro atoms. The maximum absolute atomic E-state index is 12.1. The number of morpholine rings is 1. The van der Waals surface area contributed by atoms with Gasteiger partial charge in [0.05, 0.1) is 19.3 Å². The first kappa shape index (κ1) is 14.6. The van der Waals surface area contributed by atoms with Crippen LogP contribution in [0.2, 0.25) is 0 Å². The van der Waals surface area contributed by atoms with Crippen LogP contribution in [-0.4, -0.2) is 72.6 Å². The predicted octanol–water partition coefficient (Wildman–Crippen LogP) is 0.566. The maximum Gasteiger partial charge on any atom is 0.237 e. The highest BCUT2D eigenvalue weighted by atomic mass is 32.2. The van der Waals surface area contributed by atoms with E-state index in [1.54, 1.807) is 0 Å². The first-order valence-corrected chi connectivity index (χ1v) is 8.01. The molecule has 0 N–H and O–H groups in total. The average Bonchev–Trinajstić information content (AvgIpc) is 2.94. The summed E-state index contributed by atoms with van der Waals surface area (Å²) in [6.45, 7) is 5.09. The topological polar surface area (TPSA) is 56.6 Å². The summed E-state index contributed by atoms with van der Waals surface area (Å²) < 4.78 is 5.32. The molecule has 0 bridgehead atoms. The third-order valence-electron chi connectivity index (χ3n) is 3.66. The van der Waals surface area contributed by atoms with Crippen molar-refractivity contribution in [2.45, 2.75) is 18.9 Å². The molecule has 2 heterocycles. The van der Waals surface area contributed by atoms with Gasteiger partial charge in [-0.15, -0.1) is 0 Å². The Bertz CT molecular complexity index is 333. The normalized spacial score (nSPS) is 24.1. The van der Waals surface area contributed by atoms with E-state index in [9.17, 15) is 4.79 Å². The van der Waals surface area contributed by atoms with Crippen molar-refractivity contribution in [3.8, 4) is 6.07 Å². The van der Waals surface area contributed by atoms with E-state index in [2.05, 4.69) is 4.90 Å². The zero-order valence-electron chi connectivity index (χ0n) is 11.2. The molecule has 2 fully saturated rings. The highest BCUT2D eigenvalue weighted by molar-refractivity contribution is 7.99. The van der Waals surface area contributed by atoms with Crippen LogP contribution in [0.1, 0.15) is 12.8 Å². The van der Waals surface area contributed by atoms with Crippen LogP contribution in [-0.2, 0) is 9.53 Å². The van der Waals surface area contributed by atoms with Gasteiger partial charge in [0, 0.05) is 38.0 Å². The van der Waals surface area contributed by atoms with Gasteiger partial charge in [0.15, 0.2) is 0 Å². The number of thioether (sulfide) groups is 1. The SMILES string of the molecule is N#CCC(=O)N(CCN1CCOCC1)C1CCSC1. The van der Waals surface area contributed by atoms with Crippen LogP contribution >= 0.6 is 11.8 Å². The zero-order valence-corrected chi connectivity index (χ0v) is 12.0. The Balaban J connectivity index is 1.85. The molecule has 5 nitrogen and oxygen atoms in total. The molecule has 0 saturated carbocycles. The molecule has 1 atom stereocenters. The van der Waals surface area contributed by atoms with Crippen LogP contribution in [0.15, 0.2) is 0 Å². The Morgan fingerprint density at radius 2 is 2.26 bits per heavy atom. The molecule has 2 rings (SSSR count). The number of amides is 1. The summed E-state index contributed by atoms with van der Waals surface area (Å²) in [6, 6.07) is 2.30. The van der Waals surface area contributed by atoms with Crippen molar-refractivity contribution < 1.29 is 9.53 Å². The monoisotopic (exact) mass is 283 g/mol. The minimum absolute atomic E-state index is 0.00424. The summed E-state index contributed by atoms with van der Waals surface area (Å²) in [7, 11) is 0. The first-order chi connectivity index (χ1) is 9.31. The fraction of sp³-hybridized carbons (Fsp3) is 0.846. The number of carbonyl (C=O) groups excluding carboxylic acids is 1. The van der Waals surface area contributed by atoms with Gasteiger partial charge in [-0.1, -0.05) is 0 Å². The van der Waals surface area contributed by atoms with Crippen molar-refractivity contribution in [3.05, 3.63) is 0 Å². The van der Waals surface area contributed by atoms with Crippen molar-refractivity contribution in [2.75, 3.05) is 50.9 Å². The van der Waals surface area contributed by atoms with E-state index in [4.69, 9.17) is 10.00 Å². The van der Waals surface area contributed by atoms with Crippen molar-refractivity contribution in [2.24, 2.45) is 0 Å². The second-order valence-corrected chi connectivity index (χ2v) is 6.04. The van der Waals surface area contributed by atoms with Crippen LogP contribution in [0.4, 0.5) is 0 Å². The number of rotatable bonds is 5. The lowest BCUT2D eigenvalue weighted by atomic mass is 10.2. The van der Waals surface area contributed by atoms with Crippen molar-refractivity contribution in [3.63, 3.8) is 0 Å². The maximum atomic E-state index is 12.1. The minimum atomic E-state index is -0.0109. The third kappa shape index (κ3) is 4.37. The van der Waals surface area contributed by atoms with E-state index in [-0.39, 0.29) is 12.3 Å². The van der Waals surface area contributed by atoms with E-state index < -0.39 is 0 Å². The second-order valence-electron chi connectivity index (χ2n) is 4.89. The van der Waals surface area contributed by atoms with Gasteiger partial charge in [-0.05, 0) is 12.2 Å². The van der Waals surface area contributed by atoms with Crippen LogP contribution < -0.4 is 0 Å². The van der Waals surface area contributed by atoms with Crippen LogP contribution in [0.5, 0.6) is 0 Å². The molecule has 0 aromatic carbocycles. The van der Waals surface area contributed by atoms with Gasteiger partial charge in [0.2, 0.25) is 5.91 Å². The fourth-order valence-electron chi connectivity index (χ4n) is 2.52. The number of hydrogen-bond donors (Lipinski definition) is 0. The van der Waals surface area contributed by atoms with Crippen molar-refractivity contribution in [1.29, 1.82) is 5.26 Å². The van der Waals surface area contributed by atoms with E-state index in [0.717, 1.165) is 57.3 Å². The number of hydrogen-bond acceptors (Lipinski definition) is 5. The Labute approximate surface area is 118 Å². The summed E-state index contributed by atoms with van der Waals surface area (Å²) in [5.74, 6) is 2.13. The smallest absolute Gasteiger partial charge is 0.237 e. The van der Waals surface area contributed by atoms with Gasteiger partial charge >= 0.3 is 0 Å². The molecular formula is C13H21N3O2S. The summed E-state index contributed by atoms with van der Waals surface area (Å²) in [5.41, 5.74) is 0. The molecular weight excluding hydrogens is 262 g/mol. The molecule has 2 aliphatic heterocycles. The van der Waals surface area contributed by atoms with Gasteiger partial charge in [0.25, 0.3) is 0 Å². The number of ether oxygens (including phenoxy) is 1. The molecule has 2 saturated heterocycles. The molecule has 1 amide bonds. The molecule has 0 aliphatic carbocycles. The van der Waals surface area contributed by atoms with Crippen molar-refractivity contribution >= 4 is 17.7 Å². The van der Waals surface area contributed by atoms with Crippen LogP contribution in [0.25, 0.3) is 0 Å². The van der Waals surface area contributed by atoms with Crippen LogP contribution in [0, 0.1) is 11.3 Å². The highest BCUT2D eigenvalue weighted by Crippen LogP contribution is 2.22. The summed E-state index contributed by atoms with van der Waals surface area (Å²) in [6.07, 6.45) is 1.06. The second kappa shape index (κ2) is 7.73. The summed E-state index contributed by atoms with van der Waals surface area (Å²) in [5, 5.41) is 8.72. The third-order valence-corrected chi connectivity index (χ3v) is 4.80. The van der Waals surface area contributed by atoms with Gasteiger partial charge in [0.1, 0.15) is 6.42 Å². The van der Waals surface area contributed by atoms with Crippen molar-refractivity contribution in [1.82, 2.24) is 9.80 Å². The minimum Gasteiger partial charge on any atom is -0.379 e. The van der Waals surface area contributed by atoms with Gasteiger partial charge in [-0.3, -0.25) is 9.69 Å². The highest BCUT2D eigenvalue weighted by Gasteiger charge is 2.27. The van der Waals surface area contributed by atoms with E-state index in [0.29, 0.717) is 6.04 Å². The Hall–Kier alpha value is -0.770. The predicted molar refractivity (Wildman–Crippen MR) is 74.9 cm³/mol. The Kier molecular flexibility index (Phi) is 5.95. The van der Waals surface area contributed by atoms with Gasteiger partial charge in [-0.2, -0.15) is 17.0 Å². The first-order valence-electron chi connectivity index (χ1n) is 6.85. The molecule has 2 aliphatic rings. The number of nitrogens with zero attached hydrogens (tertiary/aromatic N) is 3. The lowest BCUT2D eigenvalue weighted by molar-refractivity contribution is -0.132. The quantitative estimate of drug-likeness (QED) is 0.738. The Morgan fingerprint density at radius 3 is 2.89 bits per heavy atom. The average molecular weight is 283 g/mol. The molecule has 0 aromatic heterocycles. The summed E-state index contributed by atoms with van der Waals surface area (Å²) >= 11 is 1.90. The number of carbonyl (C=O) groups is 1. The standard InChI is InChI=1S/C13H21N3O2S/c14-3-1-13(17)16(12-2-10-19-11-12)5-4-15-6-8-18-9-7-15/h12H,1-2,4-11H2. The molecule has 0 radical (unpaired) electrons. The number of nitriles is 1. The lowest BCUT2D eigenvalue weighted by Crippen LogP contribution is -2.46. The van der Waals surface area contributed by atoms with Gasteiger partial charge in [-0.25, -0.2) is 0 Å². The van der Waals surface area contributed by atoms with E-state index in [1.165, 1.54) is 0 Å². The molecule has 0 aromatic rings. The van der Waals surface area contributed by atoms with E-state index >= 15 is 0 Å². The lowest BCUT2D eigenvalue weighted by Gasteiger charge is -2.32. The fourth-order valence-corrected chi connectivity index (χ4v) is 3.75. The molecule has 6 heteroatoms. The molecule has 1 unspecified atom stereocenters. The van der Waals surface area contributed by atoms with E-state index in [1.807, 2.05) is 22.7 Å². The Morgan fingerprint density at radius 1 is 1.47 bits per heavy atom. The van der Waals surface area contributed by atoms with Crippen LogP contribution in [0.3, 0.4) is 0 Å². The molecule has 106 valence electrons. The largest absolute Gasteiger partial charge is 0.379 e. The van der Waals surface area contributed by atoms with Gasteiger partial charge < -0.3 is 9.64 Å².